The third-order valence-electron chi connectivity index (χ3n) is 4.58. The second-order valence-electron chi connectivity index (χ2n) is 6.72. The molecule has 2 aliphatic heterocycles. The van der Waals surface area contributed by atoms with Crippen LogP contribution in [-0.4, -0.2) is 57.7 Å². The molecule has 0 N–H and O–H groups in total. The fraction of sp³-hybridized carbons (Fsp3) is 0.800. The van der Waals surface area contributed by atoms with Crippen LogP contribution in [0.1, 0.15) is 56.8 Å². The largest absolute Gasteiger partial charge is 0.406 e. The van der Waals surface area contributed by atoms with Gasteiger partial charge in [0, 0.05) is 12.5 Å². The average molecular weight is 346 g/mol. The summed E-state index contributed by atoms with van der Waals surface area (Å²) in [5.41, 5.74) is 0. The molecule has 0 spiro atoms. The molecule has 3 rings (SSSR count). The highest BCUT2D eigenvalue weighted by Crippen LogP contribution is 2.36. The number of aromatic nitrogens is 2. The second kappa shape index (κ2) is 6.34. The lowest BCUT2D eigenvalue weighted by atomic mass is 10.1. The normalized spacial score (nSPS) is 26.1. The van der Waals surface area contributed by atoms with Crippen molar-refractivity contribution in [3.8, 4) is 0 Å². The van der Waals surface area contributed by atoms with E-state index in [1.54, 1.807) is 0 Å². The molecule has 0 aliphatic carbocycles. The van der Waals surface area contributed by atoms with E-state index in [-0.39, 0.29) is 18.5 Å². The third kappa shape index (κ3) is 3.40. The number of rotatable bonds is 4. The minimum atomic E-state index is -4.37. The zero-order chi connectivity index (χ0) is 17.5. The van der Waals surface area contributed by atoms with E-state index < -0.39 is 24.7 Å². The maximum atomic E-state index is 12.6. The van der Waals surface area contributed by atoms with Crippen LogP contribution in [0.15, 0.2) is 4.52 Å². The van der Waals surface area contributed by atoms with Gasteiger partial charge in [0.2, 0.25) is 11.8 Å². The van der Waals surface area contributed by atoms with E-state index in [1.165, 1.54) is 0 Å². The molecule has 1 aromatic rings. The number of carbonyl (C=O) groups is 1. The Kier molecular flexibility index (Phi) is 4.54. The molecular formula is C15H21F3N4O2. The lowest BCUT2D eigenvalue weighted by Crippen LogP contribution is -2.44. The number of alkyl halides is 3. The van der Waals surface area contributed by atoms with Crippen molar-refractivity contribution in [3.05, 3.63) is 11.7 Å². The van der Waals surface area contributed by atoms with Crippen molar-refractivity contribution < 1.29 is 22.5 Å². The van der Waals surface area contributed by atoms with Gasteiger partial charge in [0.25, 0.3) is 0 Å². The van der Waals surface area contributed by atoms with Crippen molar-refractivity contribution in [2.24, 2.45) is 0 Å². The van der Waals surface area contributed by atoms with Gasteiger partial charge in [-0.3, -0.25) is 9.69 Å². The fourth-order valence-corrected chi connectivity index (χ4v) is 3.46. The Hall–Kier alpha value is -1.64. The van der Waals surface area contributed by atoms with Gasteiger partial charge in [0.15, 0.2) is 5.82 Å². The van der Waals surface area contributed by atoms with Gasteiger partial charge >= 0.3 is 6.18 Å². The Labute approximate surface area is 138 Å². The summed E-state index contributed by atoms with van der Waals surface area (Å²) in [6.07, 6.45) is -2.32. The zero-order valence-electron chi connectivity index (χ0n) is 13.7. The van der Waals surface area contributed by atoms with Gasteiger partial charge in [-0.2, -0.15) is 18.2 Å². The van der Waals surface area contributed by atoms with Crippen molar-refractivity contribution in [1.29, 1.82) is 0 Å². The van der Waals surface area contributed by atoms with E-state index in [2.05, 4.69) is 10.1 Å². The quantitative estimate of drug-likeness (QED) is 0.838. The summed E-state index contributed by atoms with van der Waals surface area (Å²) < 4.78 is 42.9. The highest BCUT2D eigenvalue weighted by molar-refractivity contribution is 5.84. The maximum absolute atomic E-state index is 12.6. The van der Waals surface area contributed by atoms with Crippen LogP contribution >= 0.6 is 0 Å². The molecule has 0 saturated carbocycles. The molecule has 0 unspecified atom stereocenters. The number of likely N-dealkylation sites (tertiary alicyclic amines) is 2. The predicted molar refractivity (Wildman–Crippen MR) is 78.1 cm³/mol. The van der Waals surface area contributed by atoms with E-state index in [0.29, 0.717) is 24.7 Å². The molecular weight excluding hydrogens is 325 g/mol. The Bertz CT molecular complexity index is 602. The Morgan fingerprint density at radius 1 is 1.25 bits per heavy atom. The maximum Gasteiger partial charge on any atom is 0.406 e. The monoisotopic (exact) mass is 346 g/mol. The second-order valence-corrected chi connectivity index (χ2v) is 6.72. The van der Waals surface area contributed by atoms with Crippen LogP contribution < -0.4 is 0 Å². The van der Waals surface area contributed by atoms with E-state index >= 15 is 0 Å². The first-order valence-electron chi connectivity index (χ1n) is 8.21. The standard InChI is InChI=1S/C15H21F3N4O2/c1-9(2)13-19-12(20-24-13)10-4-3-6-22(10)11-5-7-21(14(11)23)8-15(16,17)18/h9-11H,3-8H2,1-2H3/t10-,11+/m1/s1. The number of nitrogens with zero attached hydrogens (tertiary/aromatic N) is 4. The summed E-state index contributed by atoms with van der Waals surface area (Å²) in [6.45, 7) is 3.50. The van der Waals surface area contributed by atoms with E-state index in [1.807, 2.05) is 18.7 Å². The summed E-state index contributed by atoms with van der Waals surface area (Å²) in [7, 11) is 0. The molecule has 2 aliphatic rings. The van der Waals surface area contributed by atoms with Gasteiger partial charge in [-0.15, -0.1) is 0 Å². The predicted octanol–water partition coefficient (Wildman–Crippen LogP) is 2.49. The molecule has 1 aromatic heterocycles. The van der Waals surface area contributed by atoms with Crippen molar-refractivity contribution >= 4 is 5.91 Å². The van der Waals surface area contributed by atoms with E-state index in [9.17, 15) is 18.0 Å². The molecule has 6 nitrogen and oxygen atoms in total. The Morgan fingerprint density at radius 3 is 2.62 bits per heavy atom. The first kappa shape index (κ1) is 17.2. The van der Waals surface area contributed by atoms with E-state index in [4.69, 9.17) is 4.52 Å². The van der Waals surface area contributed by atoms with Gasteiger partial charge in [-0.05, 0) is 25.8 Å². The summed E-state index contributed by atoms with van der Waals surface area (Å²) in [6, 6.07) is -0.693. The van der Waals surface area contributed by atoms with Crippen LogP contribution in [0.2, 0.25) is 0 Å². The van der Waals surface area contributed by atoms with Gasteiger partial charge in [-0.1, -0.05) is 19.0 Å². The van der Waals surface area contributed by atoms with Crippen LogP contribution in [0.4, 0.5) is 13.2 Å². The molecule has 2 fully saturated rings. The minimum Gasteiger partial charge on any atom is -0.339 e. The van der Waals surface area contributed by atoms with Crippen LogP contribution in [-0.2, 0) is 4.79 Å². The SMILES string of the molecule is CC(C)c1nc([C@H]2CCCN2[C@H]2CCN(CC(F)(F)F)C2=O)no1. The highest BCUT2D eigenvalue weighted by atomic mass is 19.4. The lowest BCUT2D eigenvalue weighted by molar-refractivity contribution is -0.159. The van der Waals surface area contributed by atoms with Crippen molar-refractivity contribution in [1.82, 2.24) is 19.9 Å². The molecule has 0 aromatic carbocycles. The molecule has 2 atom stereocenters. The highest BCUT2D eigenvalue weighted by Gasteiger charge is 2.45. The van der Waals surface area contributed by atoms with Gasteiger partial charge in [0.05, 0.1) is 12.1 Å². The lowest BCUT2D eigenvalue weighted by Gasteiger charge is -2.27. The minimum absolute atomic E-state index is 0.108. The summed E-state index contributed by atoms with van der Waals surface area (Å²) >= 11 is 0. The number of halogens is 3. The van der Waals surface area contributed by atoms with Crippen molar-refractivity contribution in [2.45, 2.75) is 57.3 Å². The molecule has 24 heavy (non-hydrogen) atoms. The van der Waals surface area contributed by atoms with Crippen molar-refractivity contribution in [3.63, 3.8) is 0 Å². The van der Waals surface area contributed by atoms with Gasteiger partial charge in [0.1, 0.15) is 6.54 Å². The molecule has 134 valence electrons. The molecule has 9 heteroatoms. The number of carbonyl (C=O) groups excluding carboxylic acids is 1. The summed E-state index contributed by atoms with van der Waals surface area (Å²) in [4.78, 5) is 19.6. The number of hydrogen-bond acceptors (Lipinski definition) is 5. The van der Waals surface area contributed by atoms with E-state index in [0.717, 1.165) is 17.7 Å². The topological polar surface area (TPSA) is 62.5 Å². The molecule has 0 bridgehead atoms. The molecule has 3 heterocycles. The smallest absolute Gasteiger partial charge is 0.339 e. The van der Waals surface area contributed by atoms with Gasteiger partial charge < -0.3 is 9.42 Å². The summed E-state index contributed by atoms with van der Waals surface area (Å²) in [5.74, 6) is 0.717. The van der Waals surface area contributed by atoms with Crippen molar-refractivity contribution in [2.75, 3.05) is 19.6 Å². The fourth-order valence-electron chi connectivity index (χ4n) is 3.46. The first-order chi connectivity index (χ1) is 11.3. The van der Waals surface area contributed by atoms with Crippen LogP contribution in [0.5, 0.6) is 0 Å². The number of amides is 1. The molecule has 0 radical (unpaired) electrons. The third-order valence-corrected chi connectivity index (χ3v) is 4.58. The first-order valence-corrected chi connectivity index (χ1v) is 8.21. The van der Waals surface area contributed by atoms with Crippen LogP contribution in [0, 0.1) is 0 Å². The Balaban J connectivity index is 1.72. The summed E-state index contributed by atoms with van der Waals surface area (Å²) in [5, 5.41) is 4.01. The van der Waals surface area contributed by atoms with Crippen LogP contribution in [0.3, 0.4) is 0 Å². The molecule has 1 amide bonds. The zero-order valence-corrected chi connectivity index (χ0v) is 13.7. The van der Waals surface area contributed by atoms with Crippen LogP contribution in [0.25, 0.3) is 0 Å². The Morgan fingerprint density at radius 2 is 2.00 bits per heavy atom. The van der Waals surface area contributed by atoms with Gasteiger partial charge in [-0.25, -0.2) is 0 Å². The number of hydrogen-bond donors (Lipinski definition) is 0. The molecule has 2 saturated heterocycles. The average Bonchev–Trinajstić information content (AvgIpc) is 3.17.